The van der Waals surface area contributed by atoms with Gasteiger partial charge < -0.3 is 20.1 Å². The number of aliphatic imine (C=N–C) groups is 1. The second-order valence-electron chi connectivity index (χ2n) is 7.93. The van der Waals surface area contributed by atoms with Crippen molar-refractivity contribution in [1.29, 1.82) is 0 Å². The number of ether oxygens (including phenoxy) is 2. The average Bonchev–Trinajstić information content (AvgIpc) is 3.06. The minimum atomic E-state index is 0.137. The first kappa shape index (κ1) is 19.0. The topological polar surface area (TPSA) is 54.9 Å². The Morgan fingerprint density at radius 3 is 2.88 bits per heavy atom. The Hall–Kier alpha value is -1.75. The Kier molecular flexibility index (Phi) is 5.76. The first-order valence-electron chi connectivity index (χ1n) is 9.86. The van der Waals surface area contributed by atoms with Crippen molar-refractivity contribution in [3.8, 4) is 5.75 Å². The second-order valence-corrected chi connectivity index (χ2v) is 7.93. The SMILES string of the molecule is CCNC(=NCc1ccc(C)cc1OCC)NC1C2CCOC2C1(C)C. The van der Waals surface area contributed by atoms with E-state index in [0.717, 1.165) is 36.8 Å². The average molecular weight is 360 g/mol. The summed E-state index contributed by atoms with van der Waals surface area (Å²) < 4.78 is 11.7. The smallest absolute Gasteiger partial charge is 0.191 e. The molecule has 1 aromatic rings. The summed E-state index contributed by atoms with van der Waals surface area (Å²) >= 11 is 0. The minimum Gasteiger partial charge on any atom is -0.494 e. The van der Waals surface area contributed by atoms with Crippen molar-refractivity contribution in [1.82, 2.24) is 10.6 Å². The third kappa shape index (κ3) is 3.68. The molecule has 3 unspecified atom stereocenters. The zero-order chi connectivity index (χ0) is 18.7. The van der Waals surface area contributed by atoms with Gasteiger partial charge in [-0.2, -0.15) is 0 Å². The molecule has 0 bridgehead atoms. The molecule has 0 amide bonds. The maximum absolute atomic E-state index is 5.91. The van der Waals surface area contributed by atoms with Gasteiger partial charge in [0.15, 0.2) is 5.96 Å². The fourth-order valence-electron chi connectivity index (χ4n) is 4.33. The lowest BCUT2D eigenvalue weighted by Gasteiger charge is -2.54. The van der Waals surface area contributed by atoms with E-state index in [2.05, 4.69) is 56.5 Å². The number of aryl methyl sites for hydroxylation is 1. The third-order valence-electron chi connectivity index (χ3n) is 5.67. The van der Waals surface area contributed by atoms with Crippen LogP contribution in [0.5, 0.6) is 5.75 Å². The lowest BCUT2D eigenvalue weighted by atomic mass is 9.57. The molecular formula is C21H33N3O2. The third-order valence-corrected chi connectivity index (χ3v) is 5.67. The molecule has 1 aliphatic carbocycles. The summed E-state index contributed by atoms with van der Waals surface area (Å²) in [7, 11) is 0. The Balaban J connectivity index is 1.72. The molecule has 1 aromatic carbocycles. The largest absolute Gasteiger partial charge is 0.494 e. The summed E-state index contributed by atoms with van der Waals surface area (Å²) in [5.74, 6) is 2.39. The maximum atomic E-state index is 5.91. The first-order chi connectivity index (χ1) is 12.5. The number of nitrogens with zero attached hydrogens (tertiary/aromatic N) is 1. The van der Waals surface area contributed by atoms with Crippen molar-refractivity contribution >= 4 is 5.96 Å². The lowest BCUT2D eigenvalue weighted by Crippen LogP contribution is -2.67. The van der Waals surface area contributed by atoms with Crippen LogP contribution in [0.25, 0.3) is 0 Å². The molecule has 144 valence electrons. The molecule has 5 heteroatoms. The van der Waals surface area contributed by atoms with Gasteiger partial charge in [-0.05, 0) is 38.8 Å². The van der Waals surface area contributed by atoms with Gasteiger partial charge in [0.2, 0.25) is 0 Å². The van der Waals surface area contributed by atoms with Crippen molar-refractivity contribution in [3.63, 3.8) is 0 Å². The van der Waals surface area contributed by atoms with E-state index in [4.69, 9.17) is 14.5 Å². The summed E-state index contributed by atoms with van der Waals surface area (Å²) in [5, 5.41) is 7.06. The Morgan fingerprint density at radius 2 is 2.15 bits per heavy atom. The highest BCUT2D eigenvalue weighted by Gasteiger charge is 2.59. The van der Waals surface area contributed by atoms with Gasteiger partial charge in [-0.3, -0.25) is 0 Å². The summed E-state index contributed by atoms with van der Waals surface area (Å²) in [4.78, 5) is 4.83. The summed E-state index contributed by atoms with van der Waals surface area (Å²) in [6, 6.07) is 6.71. The minimum absolute atomic E-state index is 0.137. The molecule has 1 aliphatic heterocycles. The quantitative estimate of drug-likeness (QED) is 0.605. The highest BCUT2D eigenvalue weighted by atomic mass is 16.5. The van der Waals surface area contributed by atoms with Crippen LogP contribution >= 0.6 is 0 Å². The summed E-state index contributed by atoms with van der Waals surface area (Å²) in [6.45, 7) is 13.8. The van der Waals surface area contributed by atoms with E-state index in [1.165, 1.54) is 5.56 Å². The highest BCUT2D eigenvalue weighted by molar-refractivity contribution is 5.80. The maximum Gasteiger partial charge on any atom is 0.191 e. The second kappa shape index (κ2) is 7.87. The molecule has 3 rings (SSSR count). The molecule has 26 heavy (non-hydrogen) atoms. The van der Waals surface area contributed by atoms with E-state index in [0.29, 0.717) is 31.2 Å². The predicted octanol–water partition coefficient (Wildman–Crippen LogP) is 3.26. The normalized spacial score (nSPS) is 26.8. The van der Waals surface area contributed by atoms with Crippen molar-refractivity contribution in [2.24, 2.45) is 16.3 Å². The van der Waals surface area contributed by atoms with Gasteiger partial charge in [0.25, 0.3) is 0 Å². The first-order valence-corrected chi connectivity index (χ1v) is 9.86. The van der Waals surface area contributed by atoms with Crippen LogP contribution in [0.3, 0.4) is 0 Å². The zero-order valence-corrected chi connectivity index (χ0v) is 16.8. The van der Waals surface area contributed by atoms with Gasteiger partial charge in [-0.15, -0.1) is 0 Å². The summed E-state index contributed by atoms with van der Waals surface area (Å²) in [6.07, 6.45) is 1.52. The molecular weight excluding hydrogens is 326 g/mol. The number of fused-ring (bicyclic) bond motifs is 1. The molecule has 0 spiro atoms. The Morgan fingerprint density at radius 1 is 1.35 bits per heavy atom. The molecule has 2 N–H and O–H groups in total. The number of benzene rings is 1. The number of nitrogens with one attached hydrogen (secondary N) is 2. The van der Waals surface area contributed by atoms with Crippen molar-refractivity contribution < 1.29 is 9.47 Å². The molecule has 0 radical (unpaired) electrons. The molecule has 1 heterocycles. The van der Waals surface area contributed by atoms with Gasteiger partial charge in [-0.25, -0.2) is 4.99 Å². The molecule has 3 atom stereocenters. The molecule has 1 saturated carbocycles. The summed E-state index contributed by atoms with van der Waals surface area (Å²) in [5.41, 5.74) is 2.46. The van der Waals surface area contributed by atoms with Gasteiger partial charge in [0, 0.05) is 36.1 Å². The Bertz CT molecular complexity index is 657. The van der Waals surface area contributed by atoms with Crippen molar-refractivity contribution in [3.05, 3.63) is 29.3 Å². The van der Waals surface area contributed by atoms with Gasteiger partial charge in [0.1, 0.15) is 5.75 Å². The fourth-order valence-corrected chi connectivity index (χ4v) is 4.33. The van der Waals surface area contributed by atoms with E-state index < -0.39 is 0 Å². The van der Waals surface area contributed by atoms with E-state index >= 15 is 0 Å². The molecule has 2 fully saturated rings. The number of rotatable bonds is 6. The highest BCUT2D eigenvalue weighted by Crippen LogP contribution is 2.52. The monoisotopic (exact) mass is 359 g/mol. The Labute approximate surface area is 157 Å². The predicted molar refractivity (Wildman–Crippen MR) is 106 cm³/mol. The molecule has 0 aromatic heterocycles. The number of guanidine groups is 1. The zero-order valence-electron chi connectivity index (χ0n) is 16.8. The number of hydrogen-bond donors (Lipinski definition) is 2. The van der Waals surface area contributed by atoms with Gasteiger partial charge >= 0.3 is 0 Å². The van der Waals surface area contributed by atoms with Crippen LogP contribution in [0.15, 0.2) is 23.2 Å². The van der Waals surface area contributed by atoms with E-state index in [9.17, 15) is 0 Å². The van der Waals surface area contributed by atoms with E-state index in [-0.39, 0.29) is 5.41 Å². The van der Waals surface area contributed by atoms with Crippen LogP contribution in [0.2, 0.25) is 0 Å². The standard InChI is InChI=1S/C21H33N3O2/c1-6-22-20(24-18-16-10-11-26-19(16)21(18,4)5)23-13-15-9-8-14(3)12-17(15)25-7-2/h8-9,12,16,18-19H,6-7,10-11,13H2,1-5H3,(H2,22,23,24). The van der Waals surface area contributed by atoms with Crippen LogP contribution in [-0.2, 0) is 11.3 Å². The molecule has 5 nitrogen and oxygen atoms in total. The lowest BCUT2D eigenvalue weighted by molar-refractivity contribution is -0.106. The van der Waals surface area contributed by atoms with E-state index in [1.807, 2.05) is 6.92 Å². The molecule has 2 aliphatic rings. The van der Waals surface area contributed by atoms with E-state index in [1.54, 1.807) is 0 Å². The molecule has 1 saturated heterocycles. The van der Waals surface area contributed by atoms with Crippen LogP contribution in [-0.4, -0.2) is 37.9 Å². The van der Waals surface area contributed by atoms with Crippen LogP contribution in [0.1, 0.15) is 45.2 Å². The fraction of sp³-hybridized carbons (Fsp3) is 0.667. The van der Waals surface area contributed by atoms with Crippen LogP contribution < -0.4 is 15.4 Å². The van der Waals surface area contributed by atoms with Crippen molar-refractivity contribution in [2.75, 3.05) is 19.8 Å². The van der Waals surface area contributed by atoms with Crippen LogP contribution in [0, 0.1) is 18.3 Å². The van der Waals surface area contributed by atoms with Gasteiger partial charge in [-0.1, -0.05) is 26.0 Å². The van der Waals surface area contributed by atoms with Crippen LogP contribution in [0.4, 0.5) is 0 Å². The van der Waals surface area contributed by atoms with Crippen molar-refractivity contribution in [2.45, 2.75) is 59.7 Å². The number of hydrogen-bond acceptors (Lipinski definition) is 3. The van der Waals surface area contributed by atoms with Gasteiger partial charge in [0.05, 0.1) is 19.3 Å².